The van der Waals surface area contributed by atoms with Gasteiger partial charge in [-0.2, -0.15) is 0 Å². The first-order chi connectivity index (χ1) is 11.9. The van der Waals surface area contributed by atoms with Crippen LogP contribution in [0.3, 0.4) is 0 Å². The summed E-state index contributed by atoms with van der Waals surface area (Å²) in [6, 6.07) is 10.9. The van der Waals surface area contributed by atoms with Gasteiger partial charge in [0.05, 0.1) is 17.2 Å². The molecule has 128 valence electrons. The Morgan fingerprint density at radius 1 is 1.16 bits per heavy atom. The number of rotatable bonds is 2. The second-order valence-electron chi connectivity index (χ2n) is 8.05. The van der Waals surface area contributed by atoms with Gasteiger partial charge >= 0.3 is 0 Å². The first kappa shape index (κ1) is 16.1. The van der Waals surface area contributed by atoms with Crippen molar-refractivity contribution in [1.29, 1.82) is 0 Å². The third-order valence-corrected chi connectivity index (χ3v) is 5.24. The second-order valence-corrected chi connectivity index (χ2v) is 8.05. The predicted molar refractivity (Wildman–Crippen MR) is 105 cm³/mol. The van der Waals surface area contributed by atoms with Gasteiger partial charge < -0.3 is 0 Å². The van der Waals surface area contributed by atoms with Gasteiger partial charge in [-0.05, 0) is 35.4 Å². The summed E-state index contributed by atoms with van der Waals surface area (Å²) in [4.78, 5) is 9.71. The molecule has 0 bridgehead atoms. The minimum absolute atomic E-state index is 0.0218. The number of fused-ring (bicyclic) bond motifs is 5. The van der Waals surface area contributed by atoms with Gasteiger partial charge in [0, 0.05) is 22.7 Å². The lowest BCUT2D eigenvalue weighted by Crippen LogP contribution is -2.13. The van der Waals surface area contributed by atoms with E-state index in [2.05, 4.69) is 75.5 Å². The van der Waals surface area contributed by atoms with Crippen molar-refractivity contribution in [3.63, 3.8) is 0 Å². The van der Waals surface area contributed by atoms with E-state index in [4.69, 9.17) is 9.97 Å². The number of nitrogens with zero attached hydrogens (tertiary/aromatic N) is 3. The Morgan fingerprint density at radius 3 is 2.68 bits per heavy atom. The monoisotopic (exact) mass is 331 g/mol. The average molecular weight is 331 g/mol. The molecule has 0 amide bonds. The molecule has 0 radical (unpaired) electrons. The normalized spacial score (nSPS) is 13.8. The molecule has 3 aromatic heterocycles. The number of hydrogen-bond acceptors (Lipinski definition) is 2. The van der Waals surface area contributed by atoms with Crippen molar-refractivity contribution in [1.82, 2.24) is 14.4 Å². The van der Waals surface area contributed by atoms with Crippen LogP contribution in [0.4, 0.5) is 0 Å². The lowest BCUT2D eigenvalue weighted by Gasteiger charge is -2.16. The topological polar surface area (TPSA) is 30.2 Å². The Morgan fingerprint density at radius 2 is 1.96 bits per heavy atom. The van der Waals surface area contributed by atoms with E-state index in [0.29, 0.717) is 5.92 Å². The van der Waals surface area contributed by atoms with E-state index in [-0.39, 0.29) is 5.41 Å². The highest BCUT2D eigenvalue weighted by atomic mass is 15.0. The van der Waals surface area contributed by atoms with Gasteiger partial charge in [0.2, 0.25) is 0 Å². The Kier molecular flexibility index (Phi) is 3.57. The molecule has 1 atom stereocenters. The summed E-state index contributed by atoms with van der Waals surface area (Å²) >= 11 is 0. The van der Waals surface area contributed by atoms with Crippen LogP contribution in [-0.2, 0) is 5.41 Å². The van der Waals surface area contributed by atoms with Crippen molar-refractivity contribution in [2.75, 3.05) is 0 Å². The lowest BCUT2D eigenvalue weighted by molar-refractivity contribution is 0.570. The summed E-state index contributed by atoms with van der Waals surface area (Å²) in [5.41, 5.74) is 5.61. The number of hydrogen-bond donors (Lipinski definition) is 0. The maximum absolute atomic E-state index is 5.02. The maximum atomic E-state index is 5.02. The van der Waals surface area contributed by atoms with E-state index in [1.54, 1.807) is 0 Å². The third kappa shape index (κ3) is 2.50. The van der Waals surface area contributed by atoms with E-state index in [1.807, 2.05) is 6.20 Å². The Balaban J connectivity index is 2.10. The SMILES string of the molecule is CCC(C)c1cccc2ccn3c4cnc(C(C)(C)C)cc4nc3c12. The zero-order valence-electron chi connectivity index (χ0n) is 15.7. The van der Waals surface area contributed by atoms with E-state index in [9.17, 15) is 0 Å². The molecule has 0 spiro atoms. The molecule has 0 fully saturated rings. The second kappa shape index (κ2) is 5.55. The van der Waals surface area contributed by atoms with E-state index in [0.717, 1.165) is 28.8 Å². The first-order valence-corrected chi connectivity index (χ1v) is 9.10. The van der Waals surface area contributed by atoms with Crippen molar-refractivity contribution in [3.8, 4) is 0 Å². The van der Waals surface area contributed by atoms with Crippen LogP contribution in [0.5, 0.6) is 0 Å². The van der Waals surface area contributed by atoms with Crippen LogP contribution in [0.1, 0.15) is 58.2 Å². The van der Waals surface area contributed by atoms with Crippen LogP contribution in [0, 0.1) is 0 Å². The van der Waals surface area contributed by atoms with Crippen molar-refractivity contribution >= 4 is 27.5 Å². The van der Waals surface area contributed by atoms with Crippen LogP contribution >= 0.6 is 0 Å². The largest absolute Gasteiger partial charge is 0.298 e. The zero-order chi connectivity index (χ0) is 17.8. The van der Waals surface area contributed by atoms with E-state index < -0.39 is 0 Å². The summed E-state index contributed by atoms with van der Waals surface area (Å²) in [5, 5.41) is 2.53. The predicted octanol–water partition coefficient (Wildman–Crippen LogP) is 5.85. The Labute approximate surface area is 148 Å². The summed E-state index contributed by atoms with van der Waals surface area (Å²) < 4.78 is 2.18. The van der Waals surface area contributed by atoms with Gasteiger partial charge in [0.25, 0.3) is 0 Å². The molecule has 0 aliphatic rings. The van der Waals surface area contributed by atoms with Gasteiger partial charge in [-0.1, -0.05) is 52.8 Å². The molecule has 3 nitrogen and oxygen atoms in total. The molecular weight excluding hydrogens is 306 g/mol. The van der Waals surface area contributed by atoms with Crippen LogP contribution in [0.2, 0.25) is 0 Å². The summed E-state index contributed by atoms with van der Waals surface area (Å²) in [5.74, 6) is 0.512. The molecule has 0 saturated heterocycles. The van der Waals surface area contributed by atoms with Gasteiger partial charge in [-0.25, -0.2) is 4.98 Å². The van der Waals surface area contributed by atoms with Crippen LogP contribution in [-0.4, -0.2) is 14.4 Å². The van der Waals surface area contributed by atoms with Crippen molar-refractivity contribution in [3.05, 3.63) is 54.0 Å². The van der Waals surface area contributed by atoms with Crippen molar-refractivity contribution < 1.29 is 0 Å². The standard InChI is InChI=1S/C22H25N3/c1-6-14(2)16-9-7-8-15-10-11-25-18-13-23-19(22(3,4)5)12-17(18)24-21(25)20(15)16/h7-14H,6H2,1-5H3. The van der Waals surface area contributed by atoms with Gasteiger partial charge in [0.1, 0.15) is 5.65 Å². The number of imidazole rings is 1. The molecule has 25 heavy (non-hydrogen) atoms. The molecule has 4 aromatic rings. The van der Waals surface area contributed by atoms with Crippen LogP contribution in [0.15, 0.2) is 42.7 Å². The number of aromatic nitrogens is 3. The molecule has 1 unspecified atom stereocenters. The fraction of sp³-hybridized carbons (Fsp3) is 0.364. The molecule has 3 heteroatoms. The highest BCUT2D eigenvalue weighted by molar-refractivity contribution is 6.00. The first-order valence-electron chi connectivity index (χ1n) is 9.10. The van der Waals surface area contributed by atoms with Crippen molar-refractivity contribution in [2.24, 2.45) is 0 Å². The van der Waals surface area contributed by atoms with Crippen LogP contribution < -0.4 is 0 Å². The van der Waals surface area contributed by atoms with Crippen LogP contribution in [0.25, 0.3) is 27.5 Å². The minimum atomic E-state index is 0.0218. The lowest BCUT2D eigenvalue weighted by atomic mass is 9.91. The Bertz CT molecular complexity index is 1080. The fourth-order valence-electron chi connectivity index (χ4n) is 3.50. The van der Waals surface area contributed by atoms with Gasteiger partial charge in [-0.15, -0.1) is 0 Å². The van der Waals surface area contributed by atoms with Gasteiger partial charge in [-0.3, -0.25) is 9.38 Å². The molecule has 0 aliphatic carbocycles. The fourth-order valence-corrected chi connectivity index (χ4v) is 3.50. The molecular formula is C22H25N3. The van der Waals surface area contributed by atoms with Gasteiger partial charge in [0.15, 0.2) is 0 Å². The quantitative estimate of drug-likeness (QED) is 0.461. The summed E-state index contributed by atoms with van der Waals surface area (Å²) in [6.07, 6.45) is 5.20. The maximum Gasteiger partial charge on any atom is 0.146 e. The smallest absolute Gasteiger partial charge is 0.146 e. The molecule has 0 saturated carbocycles. The minimum Gasteiger partial charge on any atom is -0.298 e. The van der Waals surface area contributed by atoms with Crippen molar-refractivity contribution in [2.45, 2.75) is 52.4 Å². The molecule has 1 aromatic carbocycles. The summed E-state index contributed by atoms with van der Waals surface area (Å²) in [6.45, 7) is 11.1. The summed E-state index contributed by atoms with van der Waals surface area (Å²) in [7, 11) is 0. The number of pyridine rings is 2. The third-order valence-electron chi connectivity index (χ3n) is 5.24. The molecule has 4 rings (SSSR count). The molecule has 3 heterocycles. The number of benzene rings is 1. The zero-order valence-corrected chi connectivity index (χ0v) is 15.7. The average Bonchev–Trinajstić information content (AvgIpc) is 2.97. The molecule has 0 aliphatic heterocycles. The Hall–Kier alpha value is -2.42. The highest BCUT2D eigenvalue weighted by Crippen LogP contribution is 2.32. The van der Waals surface area contributed by atoms with E-state index in [1.165, 1.54) is 16.3 Å². The van der Waals surface area contributed by atoms with E-state index >= 15 is 0 Å². The molecule has 0 N–H and O–H groups in total. The highest BCUT2D eigenvalue weighted by Gasteiger charge is 2.18.